The normalized spacial score (nSPS) is 12.0. The maximum Gasteiger partial charge on any atom is 0.152 e. The zero-order valence-electron chi connectivity index (χ0n) is 21.5. The van der Waals surface area contributed by atoms with E-state index in [1.807, 2.05) is 101 Å². The molecule has 0 fully saturated rings. The van der Waals surface area contributed by atoms with Gasteiger partial charge in [0.05, 0.1) is 52.1 Å². The van der Waals surface area contributed by atoms with Crippen LogP contribution in [0.4, 0.5) is 11.6 Å². The molecular weight excluding hydrogens is 478 g/mol. The fourth-order valence-corrected chi connectivity index (χ4v) is 3.11. The summed E-state index contributed by atoms with van der Waals surface area (Å²) in [5, 5.41) is 3.00. The van der Waals surface area contributed by atoms with E-state index in [0.29, 0.717) is 34.4 Å². The number of nitrogens with one attached hydrogen (secondary N) is 1. The largest absolute Gasteiger partial charge is 0.351 e. The van der Waals surface area contributed by atoms with Crippen molar-refractivity contribution in [3.8, 4) is 0 Å². The summed E-state index contributed by atoms with van der Waals surface area (Å²) in [7, 11) is 0. The lowest BCUT2D eigenvalue weighted by Crippen LogP contribution is -2.08. The summed E-state index contributed by atoms with van der Waals surface area (Å²) in [5.74, 6) is 1.11. The minimum atomic E-state index is 0.551. The molecule has 0 amide bonds. The van der Waals surface area contributed by atoms with E-state index in [0.717, 1.165) is 11.4 Å². The molecule has 37 heavy (non-hydrogen) atoms. The second kappa shape index (κ2) is 16.3. The first-order valence-electron chi connectivity index (χ1n) is 11.8. The Bertz CT molecular complexity index is 1340. The first kappa shape index (κ1) is 28.8. The monoisotopic (exact) mass is 509 g/mol. The molecule has 0 saturated heterocycles. The van der Waals surface area contributed by atoms with Crippen molar-refractivity contribution in [1.29, 1.82) is 0 Å². The molecule has 0 aliphatic rings. The Morgan fingerprint density at radius 2 is 1.41 bits per heavy atom. The third-order valence-corrected chi connectivity index (χ3v) is 4.63. The van der Waals surface area contributed by atoms with Gasteiger partial charge in [-0.2, -0.15) is 0 Å². The molecule has 3 aromatic heterocycles. The lowest BCUT2D eigenvalue weighted by molar-refractivity contribution is 1.19. The number of nitrogens with zero attached hydrogens (tertiary/aromatic N) is 6. The standard InChI is InChI=1S/C27H25N7S.C2H6/c1-4-10-23(28-6-3)25-14-9-16-27(34-25)30-18-21-12-7-11-20(32-21)17-29-26-15-8-13-24(33-26)22(5-2)31-19-35;1-2/h4-19H,3H2,1-2H3,(H,31,35);1-2H3/b10-4-,22-5-,28-23?,29-17+,30-18+;. The van der Waals surface area contributed by atoms with Gasteiger partial charge in [0.25, 0.3) is 0 Å². The lowest BCUT2D eigenvalue weighted by Gasteiger charge is -2.05. The zero-order valence-corrected chi connectivity index (χ0v) is 22.4. The van der Waals surface area contributed by atoms with Gasteiger partial charge in [-0.1, -0.05) is 63.0 Å². The summed E-state index contributed by atoms with van der Waals surface area (Å²) < 4.78 is 0. The van der Waals surface area contributed by atoms with Crippen molar-refractivity contribution in [2.24, 2.45) is 15.0 Å². The molecule has 0 aromatic carbocycles. The van der Waals surface area contributed by atoms with E-state index in [2.05, 4.69) is 41.8 Å². The highest BCUT2D eigenvalue weighted by Crippen LogP contribution is 2.14. The van der Waals surface area contributed by atoms with Crippen LogP contribution >= 0.6 is 12.2 Å². The average Bonchev–Trinajstić information content (AvgIpc) is 2.95. The molecule has 3 rings (SSSR count). The molecule has 8 heteroatoms. The highest BCUT2D eigenvalue weighted by molar-refractivity contribution is 7.78. The number of thiocarbonyl (C=S) groups is 1. The van der Waals surface area contributed by atoms with Gasteiger partial charge in [0.2, 0.25) is 0 Å². The van der Waals surface area contributed by atoms with E-state index >= 15 is 0 Å². The highest BCUT2D eigenvalue weighted by atomic mass is 32.1. The van der Waals surface area contributed by atoms with Gasteiger partial charge >= 0.3 is 0 Å². The number of allylic oxidation sites excluding steroid dienone is 3. The molecule has 3 aromatic rings. The molecular formula is C29H31N7S. The minimum absolute atomic E-state index is 0.551. The highest BCUT2D eigenvalue weighted by Gasteiger charge is 2.03. The SMILES string of the molecule is C=CN=C(/C=C\C)c1cccc(/N=C/c2cccc(/C=N/c3cccc(/C(=C/C)NC=S)n3)n2)n1.CC. The number of pyridine rings is 3. The van der Waals surface area contributed by atoms with Crippen LogP contribution in [0.3, 0.4) is 0 Å². The van der Waals surface area contributed by atoms with Crippen molar-refractivity contribution in [3.63, 3.8) is 0 Å². The zero-order chi connectivity index (χ0) is 26.9. The van der Waals surface area contributed by atoms with E-state index in [9.17, 15) is 0 Å². The van der Waals surface area contributed by atoms with Crippen LogP contribution in [0, 0.1) is 0 Å². The van der Waals surface area contributed by atoms with Crippen molar-refractivity contribution < 1.29 is 0 Å². The number of aliphatic imine (C=N–C) groups is 3. The van der Waals surface area contributed by atoms with E-state index in [1.165, 1.54) is 11.7 Å². The molecule has 7 nitrogen and oxygen atoms in total. The Kier molecular flexibility index (Phi) is 12.7. The van der Waals surface area contributed by atoms with Gasteiger partial charge < -0.3 is 5.32 Å². The summed E-state index contributed by atoms with van der Waals surface area (Å²) in [6.07, 6.45) is 10.5. The smallest absolute Gasteiger partial charge is 0.152 e. The molecule has 0 aliphatic heterocycles. The van der Waals surface area contributed by atoms with Gasteiger partial charge in [-0.25, -0.2) is 24.9 Å². The molecule has 0 spiro atoms. The molecule has 0 radical (unpaired) electrons. The van der Waals surface area contributed by atoms with Crippen LogP contribution in [-0.4, -0.2) is 38.6 Å². The summed E-state index contributed by atoms with van der Waals surface area (Å²) in [6.45, 7) is 11.5. The van der Waals surface area contributed by atoms with Crippen molar-refractivity contribution in [2.45, 2.75) is 27.7 Å². The second-order valence-corrected chi connectivity index (χ2v) is 7.16. The summed E-state index contributed by atoms with van der Waals surface area (Å²) in [4.78, 5) is 26.9. The molecule has 188 valence electrons. The Balaban J connectivity index is 0.00000235. The molecule has 0 bridgehead atoms. The third-order valence-electron chi connectivity index (χ3n) is 4.52. The van der Waals surface area contributed by atoms with Crippen LogP contribution in [0.15, 0.2) is 101 Å². The third kappa shape index (κ3) is 9.27. The van der Waals surface area contributed by atoms with Gasteiger partial charge in [0, 0.05) is 6.20 Å². The van der Waals surface area contributed by atoms with Crippen molar-refractivity contribution >= 4 is 53.2 Å². The summed E-state index contributed by atoms with van der Waals surface area (Å²) in [5.41, 5.74) is 5.81. The van der Waals surface area contributed by atoms with Crippen LogP contribution in [0.25, 0.3) is 5.70 Å². The number of aromatic nitrogens is 3. The number of hydrogen-bond donors (Lipinski definition) is 1. The van der Waals surface area contributed by atoms with Crippen LogP contribution in [0.5, 0.6) is 0 Å². The number of rotatable bonds is 10. The summed E-state index contributed by atoms with van der Waals surface area (Å²) >= 11 is 4.88. The van der Waals surface area contributed by atoms with E-state index in [4.69, 9.17) is 12.2 Å². The maximum absolute atomic E-state index is 4.88. The van der Waals surface area contributed by atoms with Crippen LogP contribution < -0.4 is 5.32 Å². The van der Waals surface area contributed by atoms with Crippen LogP contribution in [0.2, 0.25) is 0 Å². The predicted octanol–water partition coefficient (Wildman–Crippen LogP) is 6.82. The van der Waals surface area contributed by atoms with E-state index < -0.39 is 0 Å². The van der Waals surface area contributed by atoms with Crippen LogP contribution in [-0.2, 0) is 0 Å². The fraction of sp³-hybridized carbons (Fsp3) is 0.138. The minimum Gasteiger partial charge on any atom is -0.351 e. The molecule has 0 unspecified atom stereocenters. The van der Waals surface area contributed by atoms with E-state index in [-0.39, 0.29) is 0 Å². The van der Waals surface area contributed by atoms with Crippen molar-refractivity contribution in [1.82, 2.24) is 20.3 Å². The average molecular weight is 510 g/mol. The molecule has 3 heterocycles. The van der Waals surface area contributed by atoms with Crippen molar-refractivity contribution in [2.75, 3.05) is 0 Å². The Morgan fingerprint density at radius 3 is 1.95 bits per heavy atom. The molecule has 0 aliphatic carbocycles. The second-order valence-electron chi connectivity index (χ2n) is 6.93. The quantitative estimate of drug-likeness (QED) is 0.239. The number of hydrogen-bond acceptors (Lipinski definition) is 7. The topological polar surface area (TPSA) is 87.8 Å². The Hall–Kier alpha value is -4.43. The molecule has 0 saturated carbocycles. The van der Waals surface area contributed by atoms with Gasteiger partial charge in [-0.05, 0) is 56.3 Å². The lowest BCUT2D eigenvalue weighted by atomic mass is 10.2. The molecule has 0 atom stereocenters. The maximum atomic E-state index is 4.88. The van der Waals surface area contributed by atoms with Crippen molar-refractivity contribution in [3.05, 3.63) is 108 Å². The van der Waals surface area contributed by atoms with Crippen LogP contribution in [0.1, 0.15) is 50.5 Å². The van der Waals surface area contributed by atoms with Gasteiger partial charge in [-0.3, -0.25) is 4.99 Å². The van der Waals surface area contributed by atoms with Gasteiger partial charge in [-0.15, -0.1) is 0 Å². The Labute approximate surface area is 224 Å². The van der Waals surface area contributed by atoms with Gasteiger partial charge in [0.1, 0.15) is 0 Å². The first-order chi connectivity index (χ1) is 18.2. The predicted molar refractivity (Wildman–Crippen MR) is 161 cm³/mol. The molecule has 1 N–H and O–H groups in total. The van der Waals surface area contributed by atoms with Gasteiger partial charge in [0.15, 0.2) is 11.6 Å². The first-order valence-corrected chi connectivity index (χ1v) is 12.3. The van der Waals surface area contributed by atoms with E-state index in [1.54, 1.807) is 12.4 Å². The fourth-order valence-electron chi connectivity index (χ4n) is 2.98. The Morgan fingerprint density at radius 1 is 0.838 bits per heavy atom. The summed E-state index contributed by atoms with van der Waals surface area (Å²) in [6, 6.07) is 16.8.